The molecule has 1 aliphatic rings. The molecular weight excluding hydrogens is 424 g/mol. The number of urea groups is 1. The van der Waals surface area contributed by atoms with E-state index in [1.165, 1.54) is 7.11 Å². The smallest absolute Gasteiger partial charge is 0.328 e. The minimum atomic E-state index is -1.32. The highest BCUT2D eigenvalue weighted by molar-refractivity contribution is 9.09. The van der Waals surface area contributed by atoms with Crippen LogP contribution in [-0.2, 0) is 19.9 Å². The van der Waals surface area contributed by atoms with Crippen molar-refractivity contribution in [2.75, 3.05) is 25.5 Å². The average molecular weight is 445 g/mol. The average Bonchev–Trinajstić information content (AvgIpc) is 2.95. The lowest BCUT2D eigenvalue weighted by molar-refractivity contribution is -0.145. The highest BCUT2D eigenvalue weighted by atomic mass is 79.9. The van der Waals surface area contributed by atoms with Crippen molar-refractivity contribution in [1.82, 2.24) is 9.80 Å². The van der Waals surface area contributed by atoms with Crippen molar-refractivity contribution in [1.29, 1.82) is 0 Å². The molecule has 146 valence electrons. The first-order valence-electron chi connectivity index (χ1n) is 8.94. The zero-order valence-electron chi connectivity index (χ0n) is 15.5. The van der Waals surface area contributed by atoms with Crippen LogP contribution >= 0.6 is 15.9 Å². The van der Waals surface area contributed by atoms with Gasteiger partial charge >= 0.3 is 12.0 Å². The summed E-state index contributed by atoms with van der Waals surface area (Å²) in [5.41, 5.74) is 0.0403. The van der Waals surface area contributed by atoms with Gasteiger partial charge in [0.2, 0.25) is 0 Å². The van der Waals surface area contributed by atoms with Crippen molar-refractivity contribution >= 4 is 33.8 Å². The Hall–Kier alpha value is -2.67. The topological polar surface area (TPSA) is 66.9 Å². The first-order valence-corrected chi connectivity index (χ1v) is 10.1. The number of rotatable bonds is 7. The first-order chi connectivity index (χ1) is 13.6. The number of ether oxygens (including phenoxy) is 1. The molecule has 1 heterocycles. The Morgan fingerprint density at radius 1 is 1.00 bits per heavy atom. The number of benzene rings is 2. The third-order valence-corrected chi connectivity index (χ3v) is 5.40. The largest absolute Gasteiger partial charge is 0.468 e. The molecule has 0 spiro atoms. The molecule has 2 aromatic carbocycles. The van der Waals surface area contributed by atoms with E-state index in [1.54, 1.807) is 4.90 Å². The predicted octanol–water partition coefficient (Wildman–Crippen LogP) is 3.15. The van der Waals surface area contributed by atoms with Crippen molar-refractivity contribution in [3.8, 4) is 0 Å². The number of imide groups is 1. The Morgan fingerprint density at radius 2 is 1.54 bits per heavy atom. The Morgan fingerprint density at radius 3 is 2.00 bits per heavy atom. The van der Waals surface area contributed by atoms with Crippen LogP contribution in [0.2, 0.25) is 0 Å². The van der Waals surface area contributed by atoms with Crippen LogP contribution in [0.1, 0.15) is 17.5 Å². The molecule has 0 N–H and O–H groups in total. The number of hydrogen-bond donors (Lipinski definition) is 0. The van der Waals surface area contributed by atoms with E-state index in [0.717, 1.165) is 4.90 Å². The molecule has 0 saturated carbocycles. The molecule has 0 aliphatic carbocycles. The molecule has 0 radical (unpaired) electrons. The Labute approximate surface area is 172 Å². The second-order valence-corrected chi connectivity index (χ2v) is 7.18. The highest BCUT2D eigenvalue weighted by Gasteiger charge is 2.59. The minimum absolute atomic E-state index is 0.358. The van der Waals surface area contributed by atoms with Crippen LogP contribution < -0.4 is 0 Å². The van der Waals surface area contributed by atoms with Crippen LogP contribution in [0.3, 0.4) is 0 Å². The van der Waals surface area contributed by atoms with Gasteiger partial charge in [-0.25, -0.2) is 4.79 Å². The number of carbonyl (C=O) groups excluding carboxylic acids is 3. The van der Waals surface area contributed by atoms with Gasteiger partial charge in [-0.3, -0.25) is 14.5 Å². The van der Waals surface area contributed by atoms with E-state index in [1.807, 2.05) is 60.7 Å². The predicted molar refractivity (Wildman–Crippen MR) is 108 cm³/mol. The fraction of sp³-hybridized carbons (Fsp3) is 0.286. The number of amides is 3. The molecule has 0 bridgehead atoms. The Bertz CT molecular complexity index is 818. The van der Waals surface area contributed by atoms with Crippen molar-refractivity contribution in [3.63, 3.8) is 0 Å². The first kappa shape index (κ1) is 20.1. The molecule has 1 saturated heterocycles. The number of carbonyl (C=O) groups is 3. The molecular formula is C21H21BrN2O4. The molecule has 2 aromatic rings. The molecule has 0 aromatic heterocycles. The summed E-state index contributed by atoms with van der Waals surface area (Å²) in [6, 6.07) is 17.9. The van der Waals surface area contributed by atoms with Crippen LogP contribution in [0.25, 0.3) is 0 Å². The number of hydrogen-bond acceptors (Lipinski definition) is 4. The van der Waals surface area contributed by atoms with Gasteiger partial charge in [0.05, 0.1) is 7.11 Å². The van der Waals surface area contributed by atoms with E-state index in [-0.39, 0.29) is 0 Å². The van der Waals surface area contributed by atoms with Gasteiger partial charge in [-0.15, -0.1) is 0 Å². The van der Waals surface area contributed by atoms with E-state index in [0.29, 0.717) is 29.4 Å². The zero-order valence-corrected chi connectivity index (χ0v) is 17.1. The van der Waals surface area contributed by atoms with Crippen LogP contribution in [-0.4, -0.2) is 53.2 Å². The van der Waals surface area contributed by atoms with Gasteiger partial charge in [-0.2, -0.15) is 0 Å². The summed E-state index contributed by atoms with van der Waals surface area (Å²) in [7, 11) is 1.23. The third-order valence-electron chi connectivity index (χ3n) is 4.83. The van der Waals surface area contributed by atoms with Crippen LogP contribution in [0.5, 0.6) is 0 Å². The molecule has 7 heteroatoms. The zero-order chi connectivity index (χ0) is 20.1. The third kappa shape index (κ3) is 3.30. The molecule has 28 heavy (non-hydrogen) atoms. The molecule has 6 nitrogen and oxygen atoms in total. The molecule has 1 fully saturated rings. The summed E-state index contributed by atoms with van der Waals surface area (Å²) in [4.78, 5) is 41.4. The summed E-state index contributed by atoms with van der Waals surface area (Å²) >= 11 is 3.40. The van der Waals surface area contributed by atoms with E-state index in [2.05, 4.69) is 15.9 Å². The number of esters is 1. The Balaban J connectivity index is 2.22. The van der Waals surface area contributed by atoms with Crippen molar-refractivity contribution in [2.24, 2.45) is 0 Å². The number of halogens is 1. The number of methoxy groups -OCH3 is 1. The maximum atomic E-state index is 13.7. The molecule has 0 unspecified atom stereocenters. The van der Waals surface area contributed by atoms with Crippen LogP contribution in [0, 0.1) is 0 Å². The standard InChI is InChI=1S/C21H21BrN2O4/c1-28-18(25)15-23-19(26)21(16-9-4-2-5-10-16,17-11-6-3-7-12-17)24(20(23)27)14-8-13-22/h2-7,9-12H,8,13-15H2,1H3. The van der Waals surface area contributed by atoms with Crippen molar-refractivity contribution in [2.45, 2.75) is 12.0 Å². The maximum absolute atomic E-state index is 13.7. The summed E-state index contributed by atoms with van der Waals surface area (Å²) < 4.78 is 4.69. The SMILES string of the molecule is COC(=O)CN1C(=O)N(CCCBr)C(c2ccccc2)(c2ccccc2)C1=O. The Kier molecular flexibility index (Phi) is 6.14. The molecule has 3 amide bonds. The minimum Gasteiger partial charge on any atom is -0.468 e. The monoisotopic (exact) mass is 444 g/mol. The molecule has 3 rings (SSSR count). The van der Waals surface area contributed by atoms with E-state index < -0.39 is 30.0 Å². The maximum Gasteiger partial charge on any atom is 0.328 e. The van der Waals surface area contributed by atoms with Gasteiger partial charge in [0.1, 0.15) is 6.54 Å². The molecule has 1 aliphatic heterocycles. The van der Waals surface area contributed by atoms with Crippen LogP contribution in [0.15, 0.2) is 60.7 Å². The second-order valence-electron chi connectivity index (χ2n) is 6.39. The van der Waals surface area contributed by atoms with Gasteiger partial charge in [-0.1, -0.05) is 76.6 Å². The fourth-order valence-corrected chi connectivity index (χ4v) is 3.84. The van der Waals surface area contributed by atoms with Crippen molar-refractivity contribution < 1.29 is 19.1 Å². The van der Waals surface area contributed by atoms with E-state index in [4.69, 9.17) is 4.74 Å². The van der Waals surface area contributed by atoms with Gasteiger partial charge < -0.3 is 9.64 Å². The van der Waals surface area contributed by atoms with Gasteiger partial charge in [0, 0.05) is 11.9 Å². The highest BCUT2D eigenvalue weighted by Crippen LogP contribution is 2.43. The van der Waals surface area contributed by atoms with Gasteiger partial charge in [0.25, 0.3) is 5.91 Å². The van der Waals surface area contributed by atoms with E-state index in [9.17, 15) is 14.4 Å². The van der Waals surface area contributed by atoms with Gasteiger partial charge in [-0.05, 0) is 17.5 Å². The summed E-state index contributed by atoms with van der Waals surface area (Å²) in [6.45, 7) is -0.0579. The van der Waals surface area contributed by atoms with Gasteiger partial charge in [0.15, 0.2) is 5.54 Å². The van der Waals surface area contributed by atoms with Crippen molar-refractivity contribution in [3.05, 3.63) is 71.8 Å². The lowest BCUT2D eigenvalue weighted by Gasteiger charge is -2.36. The lowest BCUT2D eigenvalue weighted by Crippen LogP contribution is -2.48. The number of nitrogens with zero attached hydrogens (tertiary/aromatic N) is 2. The van der Waals surface area contributed by atoms with Crippen LogP contribution in [0.4, 0.5) is 4.79 Å². The summed E-state index contributed by atoms with van der Waals surface area (Å²) in [5.74, 6) is -1.09. The fourth-order valence-electron chi connectivity index (χ4n) is 3.59. The summed E-state index contributed by atoms with van der Waals surface area (Å²) in [5, 5.41) is 0.682. The van der Waals surface area contributed by atoms with E-state index >= 15 is 0 Å². The summed E-state index contributed by atoms with van der Waals surface area (Å²) in [6.07, 6.45) is 0.659. The molecule has 0 atom stereocenters. The second kappa shape index (κ2) is 8.56. The normalized spacial score (nSPS) is 15.8. The quantitative estimate of drug-likeness (QED) is 0.373. The number of alkyl halides is 1. The lowest BCUT2D eigenvalue weighted by atomic mass is 9.81.